The molecular formula is C19H23NO3S. The molecule has 0 spiro atoms. The third-order valence-corrected chi connectivity index (χ3v) is 4.84. The predicted molar refractivity (Wildman–Crippen MR) is 96.4 cm³/mol. The lowest BCUT2D eigenvalue weighted by molar-refractivity contribution is 0.0989. The van der Waals surface area contributed by atoms with Gasteiger partial charge >= 0.3 is 0 Å². The molecule has 4 nitrogen and oxygen atoms in total. The van der Waals surface area contributed by atoms with Crippen LogP contribution in [0.15, 0.2) is 48.4 Å². The zero-order valence-corrected chi connectivity index (χ0v) is 14.5. The number of hydrogen-bond donors (Lipinski definition) is 1. The molecule has 0 radical (unpaired) electrons. The Hall–Kier alpha value is -1.82. The number of fused-ring (bicyclic) bond motifs is 1. The molecule has 1 atom stereocenters. The first-order chi connectivity index (χ1) is 11.7. The molecule has 2 heterocycles. The zero-order valence-electron chi connectivity index (χ0n) is 13.7. The van der Waals surface area contributed by atoms with E-state index in [0.29, 0.717) is 6.54 Å². The molecule has 0 unspecified atom stereocenters. The molecule has 0 fully saturated rings. The highest BCUT2D eigenvalue weighted by Gasteiger charge is 2.17. The Bertz CT molecular complexity index is 657. The van der Waals surface area contributed by atoms with E-state index in [2.05, 4.69) is 35.1 Å². The molecule has 1 aromatic carbocycles. The van der Waals surface area contributed by atoms with E-state index in [9.17, 15) is 5.11 Å². The standard InChI is InChI=1S/C19H23NO3S/c1-2-3-5-16(21)12-20(13-17-6-4-9-24-17)11-15-7-8-18-19(10-15)23-14-22-18/h2,4,6-10,16,21H,1,3,5,11-14H2/t16-/m0/s1. The van der Waals surface area contributed by atoms with Crippen LogP contribution in [0.3, 0.4) is 0 Å². The first-order valence-corrected chi connectivity index (χ1v) is 9.05. The maximum Gasteiger partial charge on any atom is 0.231 e. The van der Waals surface area contributed by atoms with Crippen molar-refractivity contribution in [2.45, 2.75) is 32.0 Å². The number of aliphatic hydroxyl groups is 1. The molecule has 2 aromatic rings. The van der Waals surface area contributed by atoms with Crippen LogP contribution in [0.5, 0.6) is 11.5 Å². The van der Waals surface area contributed by atoms with E-state index in [-0.39, 0.29) is 12.9 Å². The van der Waals surface area contributed by atoms with Gasteiger partial charge in [-0.25, -0.2) is 0 Å². The van der Waals surface area contributed by atoms with Gasteiger partial charge in [0.25, 0.3) is 0 Å². The van der Waals surface area contributed by atoms with Gasteiger partial charge in [-0.15, -0.1) is 17.9 Å². The Morgan fingerprint density at radius 3 is 2.92 bits per heavy atom. The van der Waals surface area contributed by atoms with Crippen LogP contribution in [0, 0.1) is 0 Å². The van der Waals surface area contributed by atoms with Crippen LogP contribution in [-0.2, 0) is 13.1 Å². The number of ether oxygens (including phenoxy) is 2. The fourth-order valence-corrected chi connectivity index (χ4v) is 3.55. The Morgan fingerprint density at radius 1 is 1.25 bits per heavy atom. The summed E-state index contributed by atoms with van der Waals surface area (Å²) in [6.07, 6.45) is 3.07. The molecule has 0 saturated carbocycles. The lowest BCUT2D eigenvalue weighted by Crippen LogP contribution is -2.31. The summed E-state index contributed by atoms with van der Waals surface area (Å²) in [4.78, 5) is 3.57. The third kappa shape index (κ3) is 4.60. The normalized spacial score (nSPS) is 14.1. The molecule has 1 N–H and O–H groups in total. The summed E-state index contributed by atoms with van der Waals surface area (Å²) in [6.45, 7) is 6.25. The van der Waals surface area contributed by atoms with Crippen molar-refractivity contribution in [2.24, 2.45) is 0 Å². The van der Waals surface area contributed by atoms with Crippen molar-refractivity contribution >= 4 is 11.3 Å². The smallest absolute Gasteiger partial charge is 0.231 e. The maximum absolute atomic E-state index is 10.3. The maximum atomic E-state index is 10.3. The Morgan fingerprint density at radius 2 is 2.12 bits per heavy atom. The highest BCUT2D eigenvalue weighted by atomic mass is 32.1. The molecule has 1 aliphatic rings. The van der Waals surface area contributed by atoms with Crippen LogP contribution < -0.4 is 9.47 Å². The minimum Gasteiger partial charge on any atom is -0.454 e. The number of rotatable bonds is 9. The van der Waals surface area contributed by atoms with Crippen LogP contribution >= 0.6 is 11.3 Å². The Balaban J connectivity index is 1.67. The van der Waals surface area contributed by atoms with Crippen LogP contribution in [-0.4, -0.2) is 29.4 Å². The second-order valence-corrected chi connectivity index (χ2v) is 6.99. The molecule has 24 heavy (non-hydrogen) atoms. The Labute approximate surface area is 146 Å². The number of benzene rings is 1. The summed E-state index contributed by atoms with van der Waals surface area (Å²) in [5.41, 5.74) is 1.16. The van der Waals surface area contributed by atoms with Crippen molar-refractivity contribution in [1.29, 1.82) is 0 Å². The molecule has 0 aliphatic carbocycles. The number of aliphatic hydroxyl groups excluding tert-OH is 1. The van der Waals surface area contributed by atoms with Crippen LogP contribution in [0.2, 0.25) is 0 Å². The van der Waals surface area contributed by atoms with Crippen LogP contribution in [0.25, 0.3) is 0 Å². The minimum atomic E-state index is -0.350. The molecule has 5 heteroatoms. The monoisotopic (exact) mass is 345 g/mol. The second-order valence-electron chi connectivity index (χ2n) is 5.96. The average molecular weight is 345 g/mol. The van der Waals surface area contributed by atoms with Crippen molar-refractivity contribution in [3.05, 3.63) is 58.8 Å². The van der Waals surface area contributed by atoms with E-state index >= 15 is 0 Å². The fourth-order valence-electron chi connectivity index (χ4n) is 2.81. The van der Waals surface area contributed by atoms with Crippen molar-refractivity contribution in [3.8, 4) is 11.5 Å². The summed E-state index contributed by atoms with van der Waals surface area (Å²) >= 11 is 1.74. The summed E-state index contributed by atoms with van der Waals surface area (Å²) in [5, 5.41) is 12.4. The lowest BCUT2D eigenvalue weighted by Gasteiger charge is -2.24. The van der Waals surface area contributed by atoms with Crippen LogP contribution in [0.4, 0.5) is 0 Å². The topological polar surface area (TPSA) is 41.9 Å². The quantitative estimate of drug-likeness (QED) is 0.702. The van der Waals surface area contributed by atoms with Gasteiger partial charge in [-0.2, -0.15) is 0 Å². The molecule has 1 aromatic heterocycles. The van der Waals surface area contributed by atoms with E-state index in [1.807, 2.05) is 18.2 Å². The average Bonchev–Trinajstić information content (AvgIpc) is 3.23. The van der Waals surface area contributed by atoms with Crippen molar-refractivity contribution in [1.82, 2.24) is 4.90 Å². The molecule has 3 rings (SSSR count). The molecule has 0 saturated heterocycles. The first-order valence-electron chi connectivity index (χ1n) is 8.17. The molecule has 0 amide bonds. The minimum absolute atomic E-state index is 0.290. The van der Waals surface area contributed by atoms with Gasteiger partial charge < -0.3 is 14.6 Å². The van der Waals surface area contributed by atoms with Gasteiger partial charge in [-0.1, -0.05) is 18.2 Å². The second kappa shape index (κ2) is 8.33. The van der Waals surface area contributed by atoms with Gasteiger partial charge in [-0.05, 0) is 42.0 Å². The zero-order chi connectivity index (χ0) is 16.8. The summed E-state index contributed by atoms with van der Waals surface area (Å²) in [7, 11) is 0. The summed E-state index contributed by atoms with van der Waals surface area (Å²) in [6, 6.07) is 10.2. The number of nitrogens with zero attached hydrogens (tertiary/aromatic N) is 1. The van der Waals surface area contributed by atoms with Gasteiger partial charge in [0.1, 0.15) is 0 Å². The van der Waals surface area contributed by atoms with Gasteiger partial charge in [0.15, 0.2) is 11.5 Å². The molecule has 1 aliphatic heterocycles. The SMILES string of the molecule is C=CCC[C@H](O)CN(Cc1ccc2c(c1)OCO2)Cc1cccs1. The first kappa shape index (κ1) is 17.0. The number of allylic oxidation sites excluding steroid dienone is 1. The van der Waals surface area contributed by atoms with E-state index < -0.39 is 0 Å². The third-order valence-electron chi connectivity index (χ3n) is 3.98. The van der Waals surface area contributed by atoms with E-state index in [4.69, 9.17) is 9.47 Å². The predicted octanol–water partition coefficient (Wildman–Crippen LogP) is 3.81. The summed E-state index contributed by atoms with van der Waals surface area (Å²) < 4.78 is 10.8. The lowest BCUT2D eigenvalue weighted by atomic mass is 10.1. The van der Waals surface area contributed by atoms with E-state index in [1.165, 1.54) is 4.88 Å². The van der Waals surface area contributed by atoms with Gasteiger partial charge in [-0.3, -0.25) is 4.90 Å². The molecule has 128 valence electrons. The fraction of sp³-hybridized carbons (Fsp3) is 0.368. The van der Waals surface area contributed by atoms with Crippen molar-refractivity contribution in [2.75, 3.05) is 13.3 Å². The van der Waals surface area contributed by atoms with Crippen LogP contribution in [0.1, 0.15) is 23.3 Å². The Kier molecular flexibility index (Phi) is 5.91. The van der Waals surface area contributed by atoms with Gasteiger partial charge in [0, 0.05) is 24.5 Å². The van der Waals surface area contributed by atoms with Crippen molar-refractivity contribution in [3.63, 3.8) is 0 Å². The number of hydrogen-bond acceptors (Lipinski definition) is 5. The highest BCUT2D eigenvalue weighted by Crippen LogP contribution is 2.33. The van der Waals surface area contributed by atoms with Gasteiger partial charge in [0.05, 0.1) is 6.10 Å². The highest BCUT2D eigenvalue weighted by molar-refractivity contribution is 7.09. The van der Waals surface area contributed by atoms with E-state index in [1.54, 1.807) is 11.3 Å². The molecule has 0 bridgehead atoms. The summed E-state index contributed by atoms with van der Waals surface area (Å²) in [5.74, 6) is 1.60. The molecular weight excluding hydrogens is 322 g/mol. The largest absolute Gasteiger partial charge is 0.454 e. The number of thiophene rings is 1. The van der Waals surface area contributed by atoms with Crippen molar-refractivity contribution < 1.29 is 14.6 Å². The van der Waals surface area contributed by atoms with E-state index in [0.717, 1.165) is 43.0 Å². The van der Waals surface area contributed by atoms with Gasteiger partial charge in [0.2, 0.25) is 6.79 Å².